The third-order valence-corrected chi connectivity index (χ3v) is 2.76. The Morgan fingerprint density at radius 3 is 2.41 bits per heavy atom. The van der Waals surface area contributed by atoms with Gasteiger partial charge < -0.3 is 4.98 Å². The fourth-order valence-corrected chi connectivity index (χ4v) is 1.76. The molecule has 0 saturated carbocycles. The summed E-state index contributed by atoms with van der Waals surface area (Å²) in [5, 5.41) is 0. The Labute approximate surface area is 99.5 Å². The predicted octanol–water partition coefficient (Wildman–Crippen LogP) is 3.76. The molecule has 0 bridgehead atoms. The van der Waals surface area contributed by atoms with Crippen LogP contribution in [0.5, 0.6) is 0 Å². The Hall–Kier alpha value is -1.90. The van der Waals surface area contributed by atoms with Crippen LogP contribution < -0.4 is 0 Å². The van der Waals surface area contributed by atoms with E-state index in [1.807, 2.05) is 6.07 Å². The highest BCUT2D eigenvalue weighted by atomic mass is 19.1. The number of hydrogen-bond acceptors (Lipinski definition) is 1. The molecule has 2 nitrogen and oxygen atoms in total. The lowest BCUT2D eigenvalue weighted by atomic mass is 10.0. The minimum Gasteiger partial charge on any atom is -0.356 e. The van der Waals surface area contributed by atoms with Crippen molar-refractivity contribution in [2.75, 3.05) is 0 Å². The Kier molecular flexibility index (Phi) is 3.09. The number of aldehydes is 1. The molecule has 0 aliphatic carbocycles. The van der Waals surface area contributed by atoms with Crippen molar-refractivity contribution in [3.8, 4) is 11.1 Å². The fourth-order valence-electron chi connectivity index (χ4n) is 1.76. The van der Waals surface area contributed by atoms with Crippen molar-refractivity contribution in [1.82, 2.24) is 4.98 Å². The molecule has 1 N–H and O–H groups in total. The molecule has 1 heterocycles. The van der Waals surface area contributed by atoms with Gasteiger partial charge in [-0.2, -0.15) is 0 Å². The first kappa shape index (κ1) is 11.6. The van der Waals surface area contributed by atoms with Crippen LogP contribution in [0.4, 0.5) is 4.39 Å². The van der Waals surface area contributed by atoms with Gasteiger partial charge in [0.05, 0.1) is 5.69 Å². The van der Waals surface area contributed by atoms with E-state index in [1.165, 1.54) is 12.1 Å². The van der Waals surface area contributed by atoms with Gasteiger partial charge in [0, 0.05) is 11.3 Å². The molecule has 3 heteroatoms. The first-order valence-corrected chi connectivity index (χ1v) is 5.56. The topological polar surface area (TPSA) is 32.9 Å². The highest BCUT2D eigenvalue weighted by Gasteiger charge is 2.11. The lowest BCUT2D eigenvalue weighted by Crippen LogP contribution is -1.87. The highest BCUT2D eigenvalue weighted by Crippen LogP contribution is 2.27. The molecular weight excluding hydrogens is 217 g/mol. The van der Waals surface area contributed by atoms with Gasteiger partial charge in [0.15, 0.2) is 6.29 Å². The Morgan fingerprint density at radius 2 is 1.88 bits per heavy atom. The molecule has 0 unspecified atom stereocenters. The smallest absolute Gasteiger partial charge is 0.166 e. The van der Waals surface area contributed by atoms with Crippen LogP contribution in [0.2, 0.25) is 0 Å². The summed E-state index contributed by atoms with van der Waals surface area (Å²) >= 11 is 0. The molecule has 88 valence electrons. The zero-order valence-corrected chi connectivity index (χ0v) is 9.83. The van der Waals surface area contributed by atoms with E-state index in [0.717, 1.165) is 23.1 Å². The van der Waals surface area contributed by atoms with Crippen LogP contribution >= 0.6 is 0 Å². The van der Waals surface area contributed by atoms with Gasteiger partial charge in [-0.3, -0.25) is 4.79 Å². The van der Waals surface area contributed by atoms with Gasteiger partial charge in [-0.05, 0) is 29.7 Å². The number of benzene rings is 1. The lowest BCUT2D eigenvalue weighted by Gasteiger charge is -1.99. The minimum absolute atomic E-state index is 0.277. The SMILES string of the molecule is CC(C)c1cc(-c2ccc(F)cc2)c(C=O)[nH]1. The quantitative estimate of drug-likeness (QED) is 0.801. The predicted molar refractivity (Wildman–Crippen MR) is 65.7 cm³/mol. The van der Waals surface area contributed by atoms with E-state index in [2.05, 4.69) is 18.8 Å². The van der Waals surface area contributed by atoms with E-state index in [0.29, 0.717) is 11.6 Å². The molecule has 0 aliphatic rings. The Balaban J connectivity index is 2.50. The third-order valence-electron chi connectivity index (χ3n) is 2.76. The van der Waals surface area contributed by atoms with Crippen molar-refractivity contribution in [3.05, 3.63) is 47.5 Å². The molecule has 0 fully saturated rings. The van der Waals surface area contributed by atoms with Gasteiger partial charge in [0.25, 0.3) is 0 Å². The zero-order chi connectivity index (χ0) is 12.4. The second kappa shape index (κ2) is 4.53. The first-order valence-electron chi connectivity index (χ1n) is 5.56. The molecule has 1 aromatic heterocycles. The monoisotopic (exact) mass is 231 g/mol. The van der Waals surface area contributed by atoms with Crippen molar-refractivity contribution < 1.29 is 9.18 Å². The molecule has 0 atom stereocenters. The second-order valence-corrected chi connectivity index (χ2v) is 4.33. The normalized spacial score (nSPS) is 10.8. The number of aromatic amines is 1. The number of carbonyl (C=O) groups is 1. The average Bonchev–Trinajstić information content (AvgIpc) is 2.74. The van der Waals surface area contributed by atoms with Crippen LogP contribution in [0, 0.1) is 5.82 Å². The van der Waals surface area contributed by atoms with Crippen molar-refractivity contribution in [3.63, 3.8) is 0 Å². The van der Waals surface area contributed by atoms with Gasteiger partial charge in [-0.1, -0.05) is 26.0 Å². The molecule has 2 rings (SSSR count). The lowest BCUT2D eigenvalue weighted by molar-refractivity contribution is 0.112. The van der Waals surface area contributed by atoms with Crippen molar-refractivity contribution in [2.45, 2.75) is 19.8 Å². The van der Waals surface area contributed by atoms with Crippen molar-refractivity contribution in [1.29, 1.82) is 0 Å². The van der Waals surface area contributed by atoms with Crippen LogP contribution in [-0.4, -0.2) is 11.3 Å². The van der Waals surface area contributed by atoms with E-state index < -0.39 is 0 Å². The summed E-state index contributed by atoms with van der Waals surface area (Å²) < 4.78 is 12.8. The largest absolute Gasteiger partial charge is 0.356 e. The summed E-state index contributed by atoms with van der Waals surface area (Å²) in [6.07, 6.45) is 0.796. The molecule has 0 radical (unpaired) electrons. The summed E-state index contributed by atoms with van der Waals surface area (Å²) in [6, 6.07) is 8.09. The summed E-state index contributed by atoms with van der Waals surface area (Å²) in [6.45, 7) is 4.10. The molecule has 1 aromatic carbocycles. The van der Waals surface area contributed by atoms with Gasteiger partial charge in [-0.25, -0.2) is 4.39 Å². The number of nitrogens with one attached hydrogen (secondary N) is 1. The van der Waals surface area contributed by atoms with Crippen LogP contribution in [0.3, 0.4) is 0 Å². The molecule has 0 spiro atoms. The van der Waals surface area contributed by atoms with Crippen LogP contribution in [0.1, 0.15) is 35.9 Å². The maximum Gasteiger partial charge on any atom is 0.166 e. The van der Waals surface area contributed by atoms with E-state index in [-0.39, 0.29) is 5.82 Å². The minimum atomic E-state index is -0.277. The molecule has 0 amide bonds. The number of hydrogen-bond donors (Lipinski definition) is 1. The maximum atomic E-state index is 12.8. The van der Waals surface area contributed by atoms with E-state index >= 15 is 0 Å². The number of rotatable bonds is 3. The highest BCUT2D eigenvalue weighted by molar-refractivity contribution is 5.86. The third kappa shape index (κ3) is 2.28. The zero-order valence-electron chi connectivity index (χ0n) is 9.83. The van der Waals surface area contributed by atoms with Gasteiger partial charge in [0.1, 0.15) is 5.82 Å². The molecule has 0 aliphatic heterocycles. The van der Waals surface area contributed by atoms with Gasteiger partial charge in [0.2, 0.25) is 0 Å². The molecular formula is C14H14FNO. The fraction of sp³-hybridized carbons (Fsp3) is 0.214. The van der Waals surface area contributed by atoms with E-state index in [1.54, 1.807) is 12.1 Å². The number of H-pyrrole nitrogens is 1. The molecule has 0 saturated heterocycles. The second-order valence-electron chi connectivity index (χ2n) is 4.33. The average molecular weight is 231 g/mol. The first-order chi connectivity index (χ1) is 8.11. The van der Waals surface area contributed by atoms with E-state index in [9.17, 15) is 9.18 Å². The van der Waals surface area contributed by atoms with Crippen molar-refractivity contribution in [2.24, 2.45) is 0 Å². The van der Waals surface area contributed by atoms with Gasteiger partial charge in [-0.15, -0.1) is 0 Å². The summed E-state index contributed by atoms with van der Waals surface area (Å²) in [4.78, 5) is 14.1. The van der Waals surface area contributed by atoms with Gasteiger partial charge >= 0.3 is 0 Å². The number of halogens is 1. The van der Waals surface area contributed by atoms with Crippen molar-refractivity contribution >= 4 is 6.29 Å². The summed E-state index contributed by atoms with van der Waals surface area (Å²) in [5.41, 5.74) is 3.21. The summed E-state index contributed by atoms with van der Waals surface area (Å²) in [7, 11) is 0. The van der Waals surface area contributed by atoms with E-state index in [4.69, 9.17) is 0 Å². The van der Waals surface area contributed by atoms with Crippen LogP contribution in [-0.2, 0) is 0 Å². The molecule has 17 heavy (non-hydrogen) atoms. The number of carbonyl (C=O) groups excluding carboxylic acids is 1. The standard InChI is InChI=1S/C14H14FNO/c1-9(2)13-7-12(14(8-17)16-13)10-3-5-11(15)6-4-10/h3-9,16H,1-2H3. The van der Waals surface area contributed by atoms with Crippen LogP contribution in [0.15, 0.2) is 30.3 Å². The van der Waals surface area contributed by atoms with Crippen LogP contribution in [0.25, 0.3) is 11.1 Å². The Bertz CT molecular complexity index is 526. The maximum absolute atomic E-state index is 12.8. The summed E-state index contributed by atoms with van der Waals surface area (Å²) in [5.74, 6) is 0.0453. The Morgan fingerprint density at radius 1 is 1.24 bits per heavy atom. The molecule has 2 aromatic rings. The number of aromatic nitrogens is 1.